The summed E-state index contributed by atoms with van der Waals surface area (Å²) in [5.74, 6) is -1.59. The van der Waals surface area contributed by atoms with Gasteiger partial charge in [-0.25, -0.2) is 4.79 Å². The van der Waals surface area contributed by atoms with Gasteiger partial charge in [0.1, 0.15) is 5.56 Å². The zero-order valence-electron chi connectivity index (χ0n) is 14.3. The van der Waals surface area contributed by atoms with Crippen molar-refractivity contribution in [2.75, 3.05) is 0 Å². The van der Waals surface area contributed by atoms with Crippen molar-refractivity contribution in [1.82, 2.24) is 9.47 Å². The van der Waals surface area contributed by atoms with Crippen molar-refractivity contribution >= 4 is 28.7 Å². The fourth-order valence-electron chi connectivity index (χ4n) is 3.95. The zero-order valence-corrected chi connectivity index (χ0v) is 14.3. The van der Waals surface area contributed by atoms with Gasteiger partial charge in [-0.05, 0) is 37.0 Å². The molecule has 1 aromatic heterocycles. The van der Waals surface area contributed by atoms with E-state index in [9.17, 15) is 24.3 Å². The number of imide groups is 1. The number of hydrogen-bond acceptors (Lipinski definition) is 4. The standard InChI is InChI=1S/C19H18N2O5/c1-10-2-4-12-11(8-21-15(22)6-7-16(21)23)3-5-13-17(12)20(10)9-14(18(13)24)19(25)26/h3,5,9-10H,2,4,6-8H2,1H3,(H,25,26). The van der Waals surface area contributed by atoms with E-state index >= 15 is 0 Å². The summed E-state index contributed by atoms with van der Waals surface area (Å²) in [5.41, 5.74) is 1.73. The largest absolute Gasteiger partial charge is 0.477 e. The van der Waals surface area contributed by atoms with E-state index in [-0.39, 0.29) is 42.8 Å². The Hall–Kier alpha value is -2.96. The molecule has 1 atom stereocenters. The first-order chi connectivity index (χ1) is 12.4. The minimum atomic E-state index is -1.24. The molecular weight excluding hydrogens is 336 g/mol. The Morgan fingerprint density at radius 2 is 1.85 bits per heavy atom. The monoisotopic (exact) mass is 354 g/mol. The van der Waals surface area contributed by atoms with E-state index in [1.165, 1.54) is 11.1 Å². The van der Waals surface area contributed by atoms with Crippen molar-refractivity contribution < 1.29 is 19.5 Å². The number of carboxylic acid groups (broad SMARTS) is 1. The van der Waals surface area contributed by atoms with Crippen molar-refractivity contribution in [1.29, 1.82) is 0 Å². The number of amides is 2. The molecule has 3 heterocycles. The van der Waals surface area contributed by atoms with E-state index < -0.39 is 11.4 Å². The van der Waals surface area contributed by atoms with Crippen LogP contribution in [-0.4, -0.2) is 32.4 Å². The molecular formula is C19H18N2O5. The quantitative estimate of drug-likeness (QED) is 0.849. The van der Waals surface area contributed by atoms with Crippen LogP contribution in [0.2, 0.25) is 0 Å². The average Bonchev–Trinajstić information content (AvgIpc) is 2.92. The number of rotatable bonds is 3. The van der Waals surface area contributed by atoms with Gasteiger partial charge in [0.25, 0.3) is 0 Å². The van der Waals surface area contributed by atoms with Crippen LogP contribution in [0.3, 0.4) is 0 Å². The molecule has 1 fully saturated rings. The van der Waals surface area contributed by atoms with Crippen LogP contribution in [0, 0.1) is 0 Å². The van der Waals surface area contributed by atoms with Gasteiger partial charge in [-0.1, -0.05) is 6.07 Å². The fraction of sp³-hybridized carbons (Fsp3) is 0.368. The second-order valence-electron chi connectivity index (χ2n) is 6.95. The van der Waals surface area contributed by atoms with Gasteiger partial charge in [0, 0.05) is 30.5 Å². The molecule has 0 radical (unpaired) electrons. The summed E-state index contributed by atoms with van der Waals surface area (Å²) >= 11 is 0. The van der Waals surface area contributed by atoms with E-state index in [0.29, 0.717) is 5.39 Å². The Balaban J connectivity index is 1.93. The number of aryl methyl sites for hydroxylation is 1. The molecule has 0 bridgehead atoms. The topological polar surface area (TPSA) is 96.7 Å². The third kappa shape index (κ3) is 2.34. The maximum Gasteiger partial charge on any atom is 0.341 e. The highest BCUT2D eigenvalue weighted by Crippen LogP contribution is 2.33. The Labute approximate surface area is 148 Å². The predicted molar refractivity (Wildman–Crippen MR) is 93.0 cm³/mol. The van der Waals surface area contributed by atoms with Gasteiger partial charge in [-0.3, -0.25) is 19.3 Å². The minimum Gasteiger partial charge on any atom is -0.477 e. The van der Waals surface area contributed by atoms with Gasteiger partial charge in [-0.2, -0.15) is 0 Å². The highest BCUT2D eigenvalue weighted by Gasteiger charge is 2.31. The molecule has 2 aromatic rings. The molecule has 2 aliphatic rings. The van der Waals surface area contributed by atoms with Crippen molar-refractivity contribution in [3.63, 3.8) is 0 Å². The van der Waals surface area contributed by atoms with Crippen LogP contribution < -0.4 is 5.43 Å². The molecule has 4 rings (SSSR count). The van der Waals surface area contributed by atoms with Gasteiger partial charge in [0.2, 0.25) is 17.2 Å². The third-order valence-electron chi connectivity index (χ3n) is 5.40. The predicted octanol–water partition coefficient (Wildman–Crippen LogP) is 1.86. The Kier molecular flexibility index (Phi) is 3.68. The molecule has 2 aliphatic heterocycles. The van der Waals surface area contributed by atoms with E-state index in [1.54, 1.807) is 12.1 Å². The lowest BCUT2D eigenvalue weighted by atomic mass is 9.92. The number of carbonyl (C=O) groups is 3. The number of aromatic nitrogens is 1. The summed E-state index contributed by atoms with van der Waals surface area (Å²) < 4.78 is 1.84. The molecule has 26 heavy (non-hydrogen) atoms. The number of benzene rings is 1. The Morgan fingerprint density at radius 3 is 2.50 bits per heavy atom. The number of carboxylic acids is 1. The average molecular weight is 354 g/mol. The van der Waals surface area contributed by atoms with Crippen LogP contribution in [0.25, 0.3) is 10.9 Å². The summed E-state index contributed by atoms with van der Waals surface area (Å²) in [6, 6.07) is 3.42. The van der Waals surface area contributed by atoms with Gasteiger partial charge in [0.05, 0.1) is 12.1 Å². The van der Waals surface area contributed by atoms with Crippen molar-refractivity contribution in [2.24, 2.45) is 0 Å². The number of carbonyl (C=O) groups excluding carboxylic acids is 2. The van der Waals surface area contributed by atoms with Crippen LogP contribution in [0.4, 0.5) is 0 Å². The molecule has 2 amide bonds. The lowest BCUT2D eigenvalue weighted by molar-refractivity contribution is -0.139. The molecule has 0 saturated carbocycles. The first kappa shape index (κ1) is 16.5. The maximum absolute atomic E-state index is 12.6. The SMILES string of the molecule is CC1CCc2c(CN3C(=O)CCC3=O)ccc3c(=O)c(C(=O)O)cn1c23. The van der Waals surface area contributed by atoms with Gasteiger partial charge < -0.3 is 9.67 Å². The summed E-state index contributed by atoms with van der Waals surface area (Å²) in [6.07, 6.45) is 3.41. The molecule has 1 aromatic carbocycles. The third-order valence-corrected chi connectivity index (χ3v) is 5.40. The number of pyridine rings is 1. The normalized spacial score (nSPS) is 19.4. The van der Waals surface area contributed by atoms with Gasteiger partial charge in [0.15, 0.2) is 0 Å². The first-order valence-corrected chi connectivity index (χ1v) is 8.64. The second kappa shape index (κ2) is 5.79. The molecule has 7 nitrogen and oxygen atoms in total. The summed E-state index contributed by atoms with van der Waals surface area (Å²) in [6.45, 7) is 2.19. The van der Waals surface area contributed by atoms with E-state index in [0.717, 1.165) is 29.5 Å². The number of aromatic carboxylic acids is 1. The number of hydrogen-bond donors (Lipinski definition) is 1. The smallest absolute Gasteiger partial charge is 0.341 e. The summed E-state index contributed by atoms with van der Waals surface area (Å²) in [5, 5.41) is 9.70. The first-order valence-electron chi connectivity index (χ1n) is 8.64. The van der Waals surface area contributed by atoms with E-state index in [1.807, 2.05) is 11.5 Å². The van der Waals surface area contributed by atoms with Crippen LogP contribution in [0.5, 0.6) is 0 Å². The minimum absolute atomic E-state index is 0.0639. The van der Waals surface area contributed by atoms with Crippen LogP contribution in [-0.2, 0) is 22.6 Å². The summed E-state index contributed by atoms with van der Waals surface area (Å²) in [4.78, 5) is 49.1. The number of nitrogens with zero attached hydrogens (tertiary/aromatic N) is 2. The van der Waals surface area contributed by atoms with Crippen molar-refractivity contribution in [3.05, 3.63) is 45.2 Å². The Bertz CT molecular complexity index is 1020. The maximum atomic E-state index is 12.6. The highest BCUT2D eigenvalue weighted by atomic mass is 16.4. The second-order valence-corrected chi connectivity index (χ2v) is 6.95. The summed E-state index contributed by atoms with van der Waals surface area (Å²) in [7, 11) is 0. The van der Waals surface area contributed by atoms with Crippen LogP contribution >= 0.6 is 0 Å². The van der Waals surface area contributed by atoms with E-state index in [2.05, 4.69) is 0 Å². The van der Waals surface area contributed by atoms with Gasteiger partial charge in [-0.15, -0.1) is 0 Å². The van der Waals surface area contributed by atoms with Crippen LogP contribution in [0.15, 0.2) is 23.1 Å². The molecule has 7 heteroatoms. The fourth-order valence-corrected chi connectivity index (χ4v) is 3.95. The lowest BCUT2D eigenvalue weighted by Crippen LogP contribution is -2.30. The molecule has 134 valence electrons. The highest BCUT2D eigenvalue weighted by molar-refractivity contribution is 6.02. The number of likely N-dealkylation sites (tertiary alicyclic amines) is 1. The van der Waals surface area contributed by atoms with Crippen molar-refractivity contribution in [2.45, 2.75) is 45.2 Å². The van der Waals surface area contributed by atoms with Crippen molar-refractivity contribution in [3.8, 4) is 0 Å². The van der Waals surface area contributed by atoms with E-state index in [4.69, 9.17) is 0 Å². The molecule has 0 aliphatic carbocycles. The Morgan fingerprint density at radius 1 is 1.15 bits per heavy atom. The zero-order chi connectivity index (χ0) is 18.6. The molecule has 1 saturated heterocycles. The lowest BCUT2D eigenvalue weighted by Gasteiger charge is -2.28. The molecule has 1 N–H and O–H groups in total. The van der Waals surface area contributed by atoms with Gasteiger partial charge >= 0.3 is 5.97 Å². The van der Waals surface area contributed by atoms with Crippen LogP contribution in [0.1, 0.15) is 53.7 Å². The molecule has 1 unspecified atom stereocenters. The molecule has 0 spiro atoms.